The molecule has 5 nitrogen and oxygen atoms in total. The molecule has 0 spiro atoms. The molecule has 3 atom stereocenters. The molecule has 3 unspecified atom stereocenters. The highest BCUT2D eigenvalue weighted by Crippen LogP contribution is 2.51. The van der Waals surface area contributed by atoms with Crippen molar-refractivity contribution in [2.75, 3.05) is 12.0 Å². The van der Waals surface area contributed by atoms with Gasteiger partial charge in [0.1, 0.15) is 11.4 Å². The molecule has 0 N–H and O–H groups in total. The first kappa shape index (κ1) is 17.7. The lowest BCUT2D eigenvalue weighted by molar-refractivity contribution is -0.148. The normalized spacial score (nSPS) is 29.0. The lowest BCUT2D eigenvalue weighted by atomic mass is 9.82. The monoisotopic (exact) mass is 356 g/mol. The number of carbonyl (C=O) groups excluding carboxylic acids is 2. The number of aryl methyl sites for hydroxylation is 1. The molecule has 1 aromatic heterocycles. The van der Waals surface area contributed by atoms with Gasteiger partial charge in [0.15, 0.2) is 0 Å². The molecule has 25 heavy (non-hydrogen) atoms. The van der Waals surface area contributed by atoms with Gasteiger partial charge in [0, 0.05) is 17.5 Å². The Bertz CT molecular complexity index is 734. The number of aromatic nitrogens is 1. The molecule has 8 heteroatoms. The van der Waals surface area contributed by atoms with Crippen LogP contribution in [0, 0.1) is 18.8 Å². The van der Waals surface area contributed by atoms with Gasteiger partial charge in [-0.1, -0.05) is 6.42 Å². The van der Waals surface area contributed by atoms with E-state index in [1.54, 1.807) is 6.92 Å². The van der Waals surface area contributed by atoms with Gasteiger partial charge in [0.05, 0.1) is 12.7 Å². The number of halogens is 3. The number of alkyl halides is 3. The second-order valence-corrected chi connectivity index (χ2v) is 6.81. The lowest BCUT2D eigenvalue weighted by Crippen LogP contribution is -2.54. The van der Waals surface area contributed by atoms with Crippen molar-refractivity contribution in [3.05, 3.63) is 23.4 Å². The van der Waals surface area contributed by atoms with Gasteiger partial charge in [-0.25, -0.2) is 9.78 Å². The highest BCUT2D eigenvalue weighted by Gasteiger charge is 2.62. The predicted molar refractivity (Wildman–Crippen MR) is 82.7 cm³/mol. The van der Waals surface area contributed by atoms with E-state index in [-0.39, 0.29) is 29.3 Å². The van der Waals surface area contributed by atoms with Gasteiger partial charge in [0.2, 0.25) is 5.91 Å². The van der Waals surface area contributed by atoms with E-state index in [1.165, 1.54) is 14.0 Å². The van der Waals surface area contributed by atoms with Crippen molar-refractivity contribution < 1.29 is 27.5 Å². The molecular weight excluding hydrogens is 337 g/mol. The standard InChI is InChI=1S/C17H19F3N2O3/c1-9-7-10(17(18,19)20)8-13(21-9)22-14(23)11-5-4-6-12(11)16(22,2)15(24)25-3/h7-8,11-12H,4-6H2,1-3H3. The fourth-order valence-electron chi connectivity index (χ4n) is 4.22. The molecule has 1 saturated carbocycles. The van der Waals surface area contributed by atoms with Crippen molar-refractivity contribution in [1.29, 1.82) is 0 Å². The van der Waals surface area contributed by atoms with Crippen LogP contribution in [0.1, 0.15) is 37.4 Å². The number of hydrogen-bond acceptors (Lipinski definition) is 4. The number of pyridine rings is 1. The number of anilines is 1. The fourth-order valence-corrected chi connectivity index (χ4v) is 4.22. The Hall–Kier alpha value is -2.12. The van der Waals surface area contributed by atoms with Crippen LogP contribution < -0.4 is 4.90 Å². The number of fused-ring (bicyclic) bond motifs is 1. The number of nitrogens with zero attached hydrogens (tertiary/aromatic N) is 2. The molecule has 1 saturated heterocycles. The van der Waals surface area contributed by atoms with Gasteiger partial charge >= 0.3 is 12.1 Å². The maximum atomic E-state index is 13.2. The summed E-state index contributed by atoms with van der Waals surface area (Å²) in [5.41, 5.74) is -2.12. The predicted octanol–water partition coefficient (Wildman–Crippen LogP) is 3.10. The van der Waals surface area contributed by atoms with Crippen LogP contribution >= 0.6 is 0 Å². The van der Waals surface area contributed by atoms with Crippen molar-refractivity contribution in [1.82, 2.24) is 4.98 Å². The SMILES string of the molecule is COC(=O)C1(C)C2CCCC2C(=O)N1c1cc(C(F)(F)F)cc(C)n1. The molecule has 2 aliphatic rings. The summed E-state index contributed by atoms with van der Waals surface area (Å²) >= 11 is 0. The van der Waals surface area contributed by atoms with Crippen molar-refractivity contribution in [3.63, 3.8) is 0 Å². The van der Waals surface area contributed by atoms with E-state index in [4.69, 9.17) is 4.74 Å². The van der Waals surface area contributed by atoms with E-state index in [1.807, 2.05) is 0 Å². The van der Waals surface area contributed by atoms with Crippen LogP contribution in [0.25, 0.3) is 0 Å². The van der Waals surface area contributed by atoms with Crippen LogP contribution in [0.2, 0.25) is 0 Å². The summed E-state index contributed by atoms with van der Waals surface area (Å²) in [6, 6.07) is 1.74. The third-order valence-electron chi connectivity index (χ3n) is 5.34. The van der Waals surface area contributed by atoms with Gasteiger partial charge < -0.3 is 4.74 Å². The molecule has 0 radical (unpaired) electrons. The van der Waals surface area contributed by atoms with Gasteiger partial charge in [-0.05, 0) is 38.8 Å². The topological polar surface area (TPSA) is 59.5 Å². The lowest BCUT2D eigenvalue weighted by Gasteiger charge is -2.35. The second-order valence-electron chi connectivity index (χ2n) is 6.81. The molecule has 1 amide bonds. The molecule has 1 aromatic rings. The summed E-state index contributed by atoms with van der Waals surface area (Å²) in [7, 11) is 1.21. The minimum absolute atomic E-state index is 0.127. The van der Waals surface area contributed by atoms with E-state index < -0.39 is 23.2 Å². The molecule has 2 fully saturated rings. The minimum atomic E-state index is -4.57. The Morgan fingerprint density at radius 3 is 2.64 bits per heavy atom. The van der Waals surface area contributed by atoms with Crippen LogP contribution in [0.4, 0.5) is 19.0 Å². The zero-order valence-electron chi connectivity index (χ0n) is 14.2. The van der Waals surface area contributed by atoms with E-state index in [0.717, 1.165) is 23.5 Å². The number of carbonyl (C=O) groups is 2. The zero-order chi connectivity index (χ0) is 18.6. The van der Waals surface area contributed by atoms with Crippen LogP contribution in [-0.2, 0) is 20.5 Å². The van der Waals surface area contributed by atoms with Crippen molar-refractivity contribution in [2.24, 2.45) is 11.8 Å². The minimum Gasteiger partial charge on any atom is -0.467 e. The second kappa shape index (κ2) is 5.71. The van der Waals surface area contributed by atoms with Crippen molar-refractivity contribution >= 4 is 17.7 Å². The molecular formula is C17H19F3N2O3. The Labute approximate surface area is 143 Å². The first-order valence-electron chi connectivity index (χ1n) is 8.09. The van der Waals surface area contributed by atoms with Crippen LogP contribution in [0.5, 0.6) is 0 Å². The molecule has 3 rings (SSSR count). The number of rotatable bonds is 2. The van der Waals surface area contributed by atoms with Crippen LogP contribution in [0.3, 0.4) is 0 Å². The maximum Gasteiger partial charge on any atom is 0.416 e. The zero-order valence-corrected chi connectivity index (χ0v) is 14.2. The average molecular weight is 356 g/mol. The van der Waals surface area contributed by atoms with Gasteiger partial charge in [0.25, 0.3) is 0 Å². The van der Waals surface area contributed by atoms with Crippen molar-refractivity contribution in [3.8, 4) is 0 Å². The molecule has 136 valence electrons. The van der Waals surface area contributed by atoms with E-state index >= 15 is 0 Å². The molecule has 2 heterocycles. The summed E-state index contributed by atoms with van der Waals surface area (Å²) in [6.45, 7) is 2.99. The maximum absolute atomic E-state index is 13.2. The van der Waals surface area contributed by atoms with E-state index in [9.17, 15) is 22.8 Å². The molecule has 0 aromatic carbocycles. The van der Waals surface area contributed by atoms with Gasteiger partial charge in [-0.3, -0.25) is 9.69 Å². The summed E-state index contributed by atoms with van der Waals surface area (Å²) in [5, 5.41) is 0. The molecule has 1 aliphatic heterocycles. The number of methoxy groups -OCH3 is 1. The Morgan fingerprint density at radius 1 is 1.36 bits per heavy atom. The Kier molecular flexibility index (Phi) is 4.04. The van der Waals surface area contributed by atoms with E-state index in [2.05, 4.69) is 4.98 Å². The highest BCUT2D eigenvalue weighted by molar-refractivity contribution is 6.06. The first-order chi connectivity index (χ1) is 11.6. The Balaban J connectivity index is 2.16. The van der Waals surface area contributed by atoms with Crippen LogP contribution in [0.15, 0.2) is 12.1 Å². The number of amides is 1. The molecule has 0 bridgehead atoms. The number of hydrogen-bond donors (Lipinski definition) is 0. The summed E-state index contributed by atoms with van der Waals surface area (Å²) < 4.78 is 44.4. The average Bonchev–Trinajstić information content (AvgIpc) is 3.09. The quantitative estimate of drug-likeness (QED) is 0.764. The van der Waals surface area contributed by atoms with Gasteiger partial charge in [-0.15, -0.1) is 0 Å². The first-order valence-corrected chi connectivity index (χ1v) is 8.09. The molecule has 1 aliphatic carbocycles. The summed E-state index contributed by atoms with van der Waals surface area (Å²) in [5.74, 6) is -1.82. The largest absolute Gasteiger partial charge is 0.467 e. The number of esters is 1. The highest BCUT2D eigenvalue weighted by atomic mass is 19.4. The third kappa shape index (κ3) is 2.58. The third-order valence-corrected chi connectivity index (χ3v) is 5.34. The van der Waals surface area contributed by atoms with E-state index in [0.29, 0.717) is 12.8 Å². The Morgan fingerprint density at radius 2 is 2.04 bits per heavy atom. The fraction of sp³-hybridized carbons (Fsp3) is 0.588. The summed E-state index contributed by atoms with van der Waals surface area (Å²) in [4.78, 5) is 30.6. The van der Waals surface area contributed by atoms with Crippen molar-refractivity contribution in [2.45, 2.75) is 44.8 Å². The smallest absolute Gasteiger partial charge is 0.416 e. The summed E-state index contributed by atoms with van der Waals surface area (Å²) in [6.07, 6.45) is -2.50. The van der Waals surface area contributed by atoms with Crippen LogP contribution in [-0.4, -0.2) is 29.5 Å². The van der Waals surface area contributed by atoms with Gasteiger partial charge in [-0.2, -0.15) is 13.2 Å². The number of ether oxygens (including phenoxy) is 1.